The van der Waals surface area contributed by atoms with Gasteiger partial charge in [0.2, 0.25) is 5.88 Å². The molecule has 3 aromatic rings. The van der Waals surface area contributed by atoms with Gasteiger partial charge in [0.15, 0.2) is 0 Å². The maximum absolute atomic E-state index is 13.4. The van der Waals surface area contributed by atoms with Crippen molar-refractivity contribution in [1.82, 2.24) is 24.6 Å². The third-order valence-corrected chi connectivity index (χ3v) is 5.67. The van der Waals surface area contributed by atoms with Crippen molar-refractivity contribution in [2.24, 2.45) is 5.92 Å². The van der Waals surface area contributed by atoms with Crippen molar-refractivity contribution in [3.05, 3.63) is 66.4 Å². The molecule has 2 aromatic heterocycles. The van der Waals surface area contributed by atoms with E-state index in [2.05, 4.69) is 15.2 Å². The molecule has 1 saturated heterocycles. The van der Waals surface area contributed by atoms with Crippen molar-refractivity contribution in [2.45, 2.75) is 31.9 Å². The van der Waals surface area contributed by atoms with Crippen molar-refractivity contribution in [3.63, 3.8) is 0 Å². The van der Waals surface area contributed by atoms with E-state index < -0.39 is 0 Å². The number of hydrogen-bond acceptors (Lipinski definition) is 5. The van der Waals surface area contributed by atoms with E-state index in [0.717, 1.165) is 30.6 Å². The molecular weight excluding hydrogens is 354 g/mol. The standard InChI is InChI=1S/C21H21N5O2/c1-14-6-7-20(22-10-14)28-19-9-15-8-18(19)26(11-15)21(27)16-4-2-3-5-17(16)25-12-23-24-13-25/h2-7,10,12-13,15,18-19H,8-9,11H2,1H3. The third-order valence-electron chi connectivity index (χ3n) is 5.67. The number of carbonyl (C=O) groups is 1. The zero-order valence-electron chi connectivity index (χ0n) is 15.6. The Morgan fingerprint density at radius 1 is 1.11 bits per heavy atom. The normalized spacial score (nSPS) is 23.2. The van der Waals surface area contributed by atoms with Crippen LogP contribution in [-0.4, -0.2) is 49.2 Å². The van der Waals surface area contributed by atoms with Gasteiger partial charge in [-0.3, -0.25) is 9.36 Å². The van der Waals surface area contributed by atoms with Gasteiger partial charge in [0, 0.05) is 18.8 Å². The Bertz CT molecular complexity index is 986. The summed E-state index contributed by atoms with van der Waals surface area (Å²) in [6.07, 6.45) is 6.96. The first-order valence-corrected chi connectivity index (χ1v) is 9.53. The lowest BCUT2D eigenvalue weighted by molar-refractivity contribution is 0.0466. The average Bonchev–Trinajstić information content (AvgIpc) is 3.46. The van der Waals surface area contributed by atoms with Gasteiger partial charge in [-0.15, -0.1) is 10.2 Å². The van der Waals surface area contributed by atoms with Crippen LogP contribution in [-0.2, 0) is 0 Å². The fraction of sp³-hybridized carbons (Fsp3) is 0.333. The molecule has 0 radical (unpaired) electrons. The SMILES string of the molecule is Cc1ccc(OC2CC3CC2N(C(=O)c2ccccc2-n2cnnc2)C3)nc1. The molecule has 1 aromatic carbocycles. The Morgan fingerprint density at radius 2 is 1.93 bits per heavy atom. The van der Waals surface area contributed by atoms with Crippen LogP contribution in [0.1, 0.15) is 28.8 Å². The molecule has 3 atom stereocenters. The highest BCUT2D eigenvalue weighted by molar-refractivity contribution is 5.98. The van der Waals surface area contributed by atoms with Gasteiger partial charge in [0.1, 0.15) is 18.8 Å². The van der Waals surface area contributed by atoms with Crippen LogP contribution in [0.3, 0.4) is 0 Å². The molecule has 142 valence electrons. The third kappa shape index (κ3) is 2.93. The van der Waals surface area contributed by atoms with E-state index in [0.29, 0.717) is 17.4 Å². The summed E-state index contributed by atoms with van der Waals surface area (Å²) in [7, 11) is 0. The van der Waals surface area contributed by atoms with E-state index in [4.69, 9.17) is 4.74 Å². The number of nitrogens with zero attached hydrogens (tertiary/aromatic N) is 5. The molecule has 1 saturated carbocycles. The summed E-state index contributed by atoms with van der Waals surface area (Å²) in [4.78, 5) is 19.7. The van der Waals surface area contributed by atoms with E-state index in [1.54, 1.807) is 23.4 Å². The summed E-state index contributed by atoms with van der Waals surface area (Å²) < 4.78 is 7.92. The molecule has 1 aliphatic heterocycles. The Balaban J connectivity index is 1.39. The van der Waals surface area contributed by atoms with Gasteiger partial charge in [-0.25, -0.2) is 4.98 Å². The number of aryl methyl sites for hydroxylation is 1. The molecule has 1 amide bonds. The smallest absolute Gasteiger partial charge is 0.256 e. The van der Waals surface area contributed by atoms with Crippen molar-refractivity contribution in [2.75, 3.05) is 6.54 Å². The molecule has 28 heavy (non-hydrogen) atoms. The number of piperidine rings is 1. The molecular formula is C21H21N5O2. The van der Waals surface area contributed by atoms with Crippen LogP contribution in [0.5, 0.6) is 5.88 Å². The molecule has 2 bridgehead atoms. The number of likely N-dealkylation sites (tertiary alicyclic amines) is 1. The fourth-order valence-corrected chi connectivity index (χ4v) is 4.36. The maximum atomic E-state index is 13.4. The van der Waals surface area contributed by atoms with Crippen molar-refractivity contribution in [1.29, 1.82) is 0 Å². The largest absolute Gasteiger partial charge is 0.472 e. The molecule has 1 aliphatic carbocycles. The predicted octanol–water partition coefficient (Wildman–Crippen LogP) is 2.65. The molecule has 7 nitrogen and oxygen atoms in total. The second-order valence-corrected chi connectivity index (χ2v) is 7.58. The van der Waals surface area contributed by atoms with Crippen molar-refractivity contribution >= 4 is 5.91 Å². The molecule has 3 unspecified atom stereocenters. The number of pyridine rings is 1. The van der Waals surface area contributed by atoms with E-state index in [1.165, 1.54) is 0 Å². The van der Waals surface area contributed by atoms with E-state index in [9.17, 15) is 4.79 Å². The summed E-state index contributed by atoms with van der Waals surface area (Å²) >= 11 is 0. The minimum absolute atomic E-state index is 0.0139. The molecule has 2 aliphatic rings. The van der Waals surface area contributed by atoms with Crippen LogP contribution in [0.25, 0.3) is 5.69 Å². The van der Waals surface area contributed by atoms with Gasteiger partial charge in [0.05, 0.1) is 17.3 Å². The zero-order chi connectivity index (χ0) is 19.1. The number of amides is 1. The number of benzene rings is 1. The van der Waals surface area contributed by atoms with Crippen LogP contribution in [0.2, 0.25) is 0 Å². The van der Waals surface area contributed by atoms with Crippen LogP contribution >= 0.6 is 0 Å². The minimum Gasteiger partial charge on any atom is -0.472 e. The summed E-state index contributed by atoms with van der Waals surface area (Å²) in [5.74, 6) is 1.13. The molecule has 2 fully saturated rings. The Hall–Kier alpha value is -3.22. The highest BCUT2D eigenvalue weighted by atomic mass is 16.5. The molecule has 0 N–H and O–H groups in total. The first kappa shape index (κ1) is 16.9. The van der Waals surface area contributed by atoms with Gasteiger partial charge < -0.3 is 9.64 Å². The molecule has 0 spiro atoms. The Kier molecular flexibility index (Phi) is 4.07. The van der Waals surface area contributed by atoms with E-state index in [1.807, 2.05) is 48.2 Å². The van der Waals surface area contributed by atoms with Crippen molar-refractivity contribution < 1.29 is 9.53 Å². The number of carbonyl (C=O) groups excluding carboxylic acids is 1. The Morgan fingerprint density at radius 3 is 2.68 bits per heavy atom. The van der Waals surface area contributed by atoms with Gasteiger partial charge in [-0.05, 0) is 43.4 Å². The molecule has 3 heterocycles. The van der Waals surface area contributed by atoms with E-state index >= 15 is 0 Å². The molecule has 7 heteroatoms. The monoisotopic (exact) mass is 375 g/mol. The van der Waals surface area contributed by atoms with Crippen LogP contribution in [0.15, 0.2) is 55.2 Å². The number of fused-ring (bicyclic) bond motifs is 2. The maximum Gasteiger partial charge on any atom is 0.256 e. The Labute approximate surface area is 163 Å². The number of para-hydroxylation sites is 1. The second kappa shape index (κ2) is 6.74. The topological polar surface area (TPSA) is 73.1 Å². The number of aromatic nitrogens is 4. The van der Waals surface area contributed by atoms with Crippen LogP contribution in [0.4, 0.5) is 0 Å². The van der Waals surface area contributed by atoms with Gasteiger partial charge in [0.25, 0.3) is 5.91 Å². The fourth-order valence-electron chi connectivity index (χ4n) is 4.36. The van der Waals surface area contributed by atoms with Crippen molar-refractivity contribution in [3.8, 4) is 11.6 Å². The first-order chi connectivity index (χ1) is 13.7. The van der Waals surface area contributed by atoms with Crippen LogP contribution < -0.4 is 4.74 Å². The number of rotatable bonds is 4. The summed E-state index contributed by atoms with van der Waals surface area (Å²) in [6.45, 7) is 2.78. The summed E-state index contributed by atoms with van der Waals surface area (Å²) in [5.41, 5.74) is 2.54. The number of ether oxygens (including phenoxy) is 1. The lowest BCUT2D eigenvalue weighted by Gasteiger charge is -2.33. The minimum atomic E-state index is -0.0139. The number of hydrogen-bond donors (Lipinski definition) is 0. The lowest BCUT2D eigenvalue weighted by atomic mass is 10.1. The summed E-state index contributed by atoms with van der Waals surface area (Å²) in [6, 6.07) is 11.5. The van der Waals surface area contributed by atoms with Gasteiger partial charge in [-0.2, -0.15) is 0 Å². The summed E-state index contributed by atoms with van der Waals surface area (Å²) in [5, 5.41) is 7.72. The average molecular weight is 375 g/mol. The van der Waals surface area contributed by atoms with Gasteiger partial charge >= 0.3 is 0 Å². The first-order valence-electron chi connectivity index (χ1n) is 9.53. The zero-order valence-corrected chi connectivity index (χ0v) is 15.6. The highest BCUT2D eigenvalue weighted by Crippen LogP contribution is 2.40. The highest BCUT2D eigenvalue weighted by Gasteiger charge is 2.48. The van der Waals surface area contributed by atoms with Crippen LogP contribution in [0, 0.1) is 12.8 Å². The van der Waals surface area contributed by atoms with E-state index in [-0.39, 0.29) is 18.1 Å². The molecule has 5 rings (SSSR count). The predicted molar refractivity (Wildman–Crippen MR) is 102 cm³/mol. The quantitative estimate of drug-likeness (QED) is 0.701. The van der Waals surface area contributed by atoms with Gasteiger partial charge in [-0.1, -0.05) is 18.2 Å². The lowest BCUT2D eigenvalue weighted by Crippen LogP contribution is -2.47. The second-order valence-electron chi connectivity index (χ2n) is 7.58.